The number of ether oxygens (including phenoxy) is 3. The summed E-state index contributed by atoms with van der Waals surface area (Å²) in [4.78, 5) is 11.2. The van der Waals surface area contributed by atoms with E-state index in [1.807, 2.05) is 0 Å². The fourth-order valence-corrected chi connectivity index (χ4v) is 3.77. The quantitative estimate of drug-likeness (QED) is 0.540. The molecule has 3 rings (SSSR count). The summed E-state index contributed by atoms with van der Waals surface area (Å²) >= 11 is 0. The van der Waals surface area contributed by atoms with E-state index in [1.165, 1.54) is 44.4 Å². The van der Waals surface area contributed by atoms with Crippen molar-refractivity contribution in [1.29, 1.82) is 0 Å². The van der Waals surface area contributed by atoms with E-state index in [9.17, 15) is 13.2 Å². The molecule has 8 nitrogen and oxygen atoms in total. The first-order valence-electron chi connectivity index (χ1n) is 9.21. The summed E-state index contributed by atoms with van der Waals surface area (Å²) < 4.78 is 44.3. The van der Waals surface area contributed by atoms with Crippen LogP contribution in [0.15, 0.2) is 71.6 Å². The van der Waals surface area contributed by atoms with E-state index in [1.54, 1.807) is 43.5 Å². The molecule has 0 saturated heterocycles. The second kappa shape index (κ2) is 9.40. The van der Waals surface area contributed by atoms with Crippen molar-refractivity contribution in [3.63, 3.8) is 0 Å². The molecule has 0 saturated carbocycles. The third kappa shape index (κ3) is 5.67. The van der Waals surface area contributed by atoms with Crippen LogP contribution in [0.25, 0.3) is 0 Å². The van der Waals surface area contributed by atoms with Gasteiger partial charge in [-0.3, -0.25) is 9.52 Å². The van der Waals surface area contributed by atoms with Crippen LogP contribution in [-0.4, -0.2) is 28.5 Å². The van der Waals surface area contributed by atoms with Gasteiger partial charge in [0.05, 0.1) is 24.8 Å². The van der Waals surface area contributed by atoms with E-state index in [4.69, 9.17) is 14.2 Å². The highest BCUT2D eigenvalue weighted by Crippen LogP contribution is 2.35. The van der Waals surface area contributed by atoms with Gasteiger partial charge in [0.2, 0.25) is 5.91 Å². The lowest BCUT2D eigenvalue weighted by molar-refractivity contribution is -0.114. The Hall–Kier alpha value is -3.72. The minimum absolute atomic E-state index is 0.0510. The lowest BCUT2D eigenvalue weighted by Crippen LogP contribution is -2.13. The largest absolute Gasteiger partial charge is 0.497 e. The topological polar surface area (TPSA) is 103 Å². The zero-order valence-corrected chi connectivity index (χ0v) is 18.0. The van der Waals surface area contributed by atoms with Crippen LogP contribution in [0.4, 0.5) is 11.4 Å². The summed E-state index contributed by atoms with van der Waals surface area (Å²) in [5.41, 5.74) is 0.807. The molecule has 3 aromatic carbocycles. The van der Waals surface area contributed by atoms with Gasteiger partial charge in [0.1, 0.15) is 11.5 Å². The van der Waals surface area contributed by atoms with Gasteiger partial charge in [-0.25, -0.2) is 8.42 Å². The molecule has 0 unspecified atom stereocenters. The Bertz CT molecular complexity index is 1160. The molecule has 0 aliphatic heterocycles. The molecular formula is C22H22N2O6S. The summed E-state index contributed by atoms with van der Waals surface area (Å²) in [6.45, 7) is 1.38. The van der Waals surface area contributed by atoms with Crippen LogP contribution in [0.1, 0.15) is 6.92 Å². The molecule has 1 amide bonds. The third-order valence-corrected chi connectivity index (χ3v) is 5.59. The third-order valence-electron chi connectivity index (χ3n) is 4.19. The first kappa shape index (κ1) is 22.0. The van der Waals surface area contributed by atoms with Gasteiger partial charge in [-0.2, -0.15) is 0 Å². The maximum Gasteiger partial charge on any atom is 0.261 e. The minimum atomic E-state index is -3.85. The van der Waals surface area contributed by atoms with Crippen LogP contribution in [0, 0.1) is 0 Å². The highest BCUT2D eigenvalue weighted by atomic mass is 32.2. The Balaban J connectivity index is 1.82. The fraction of sp³-hybridized carbons (Fsp3) is 0.136. The van der Waals surface area contributed by atoms with Crippen molar-refractivity contribution >= 4 is 27.3 Å². The highest BCUT2D eigenvalue weighted by molar-refractivity contribution is 7.92. The van der Waals surface area contributed by atoms with Gasteiger partial charge in [0.15, 0.2) is 11.5 Å². The molecule has 0 bridgehead atoms. The first-order valence-corrected chi connectivity index (χ1v) is 10.7. The summed E-state index contributed by atoms with van der Waals surface area (Å²) in [5.74, 6) is 1.77. The molecule has 0 fully saturated rings. The highest BCUT2D eigenvalue weighted by Gasteiger charge is 2.16. The molecule has 162 valence electrons. The smallest absolute Gasteiger partial charge is 0.261 e. The van der Waals surface area contributed by atoms with Gasteiger partial charge in [-0.05, 0) is 60.7 Å². The first-order chi connectivity index (χ1) is 14.8. The number of nitrogens with one attached hydrogen (secondary N) is 2. The van der Waals surface area contributed by atoms with E-state index in [-0.39, 0.29) is 10.8 Å². The van der Waals surface area contributed by atoms with Crippen LogP contribution in [-0.2, 0) is 14.8 Å². The molecule has 3 aromatic rings. The molecule has 0 aliphatic rings. The van der Waals surface area contributed by atoms with Crippen molar-refractivity contribution in [1.82, 2.24) is 0 Å². The van der Waals surface area contributed by atoms with Gasteiger partial charge in [0, 0.05) is 18.7 Å². The Labute approximate surface area is 180 Å². The van der Waals surface area contributed by atoms with Crippen LogP contribution in [0.5, 0.6) is 23.0 Å². The average Bonchev–Trinajstić information content (AvgIpc) is 2.74. The monoisotopic (exact) mass is 442 g/mol. The van der Waals surface area contributed by atoms with E-state index in [2.05, 4.69) is 10.0 Å². The number of anilines is 2. The fourth-order valence-electron chi connectivity index (χ4n) is 2.73. The van der Waals surface area contributed by atoms with E-state index < -0.39 is 10.0 Å². The van der Waals surface area contributed by atoms with E-state index >= 15 is 0 Å². The molecule has 0 aromatic heterocycles. The summed E-state index contributed by atoms with van der Waals surface area (Å²) in [6.07, 6.45) is 0. The normalized spacial score (nSPS) is 10.8. The van der Waals surface area contributed by atoms with Crippen molar-refractivity contribution in [2.24, 2.45) is 0 Å². The molecule has 2 N–H and O–H groups in total. The van der Waals surface area contributed by atoms with Crippen molar-refractivity contribution < 1.29 is 27.4 Å². The van der Waals surface area contributed by atoms with Crippen molar-refractivity contribution in [3.05, 3.63) is 66.7 Å². The Kier molecular flexibility index (Phi) is 6.66. The number of sulfonamides is 1. The standard InChI is InChI=1S/C22H22N2O6S/c1-15(25)23-16-4-11-20(12-5-16)31(26,27)24-17-6-13-21(29-3)22(14-17)30-19-9-7-18(28-2)8-10-19/h4-14,24H,1-3H3,(H,23,25). The summed E-state index contributed by atoms with van der Waals surface area (Å²) in [7, 11) is -0.784. The second-order valence-electron chi connectivity index (χ2n) is 6.45. The Morgan fingerprint density at radius 2 is 1.39 bits per heavy atom. The number of methoxy groups -OCH3 is 2. The maximum absolute atomic E-state index is 12.7. The molecule has 0 spiro atoms. The number of benzene rings is 3. The number of carbonyl (C=O) groups is 1. The average molecular weight is 442 g/mol. The van der Waals surface area contributed by atoms with Crippen LogP contribution in [0.3, 0.4) is 0 Å². The SMILES string of the molecule is COc1ccc(Oc2cc(NS(=O)(=O)c3ccc(NC(C)=O)cc3)ccc2OC)cc1. The predicted octanol–water partition coefficient (Wildman–Crippen LogP) is 4.26. The van der Waals surface area contributed by atoms with E-state index in [0.29, 0.717) is 34.4 Å². The number of hydrogen-bond acceptors (Lipinski definition) is 6. The molecule has 31 heavy (non-hydrogen) atoms. The molecule has 0 aliphatic carbocycles. The van der Waals surface area contributed by atoms with Crippen molar-refractivity contribution in [3.8, 4) is 23.0 Å². The van der Waals surface area contributed by atoms with Gasteiger partial charge in [-0.15, -0.1) is 0 Å². The Morgan fingerprint density at radius 3 is 1.97 bits per heavy atom. The van der Waals surface area contributed by atoms with Crippen LogP contribution < -0.4 is 24.2 Å². The lowest BCUT2D eigenvalue weighted by Gasteiger charge is -2.14. The van der Waals surface area contributed by atoms with Crippen LogP contribution >= 0.6 is 0 Å². The number of amides is 1. The minimum Gasteiger partial charge on any atom is -0.497 e. The van der Waals surface area contributed by atoms with E-state index in [0.717, 1.165) is 0 Å². The number of hydrogen-bond donors (Lipinski definition) is 2. The maximum atomic E-state index is 12.7. The molecule has 0 heterocycles. The number of carbonyl (C=O) groups excluding carboxylic acids is 1. The van der Waals surface area contributed by atoms with Gasteiger partial charge < -0.3 is 19.5 Å². The molecular weight excluding hydrogens is 420 g/mol. The van der Waals surface area contributed by atoms with Gasteiger partial charge >= 0.3 is 0 Å². The summed E-state index contributed by atoms with van der Waals surface area (Å²) in [6, 6.07) is 17.5. The summed E-state index contributed by atoms with van der Waals surface area (Å²) in [5, 5.41) is 2.59. The van der Waals surface area contributed by atoms with Crippen molar-refractivity contribution in [2.75, 3.05) is 24.3 Å². The molecule has 0 atom stereocenters. The predicted molar refractivity (Wildman–Crippen MR) is 118 cm³/mol. The van der Waals surface area contributed by atoms with Crippen LogP contribution in [0.2, 0.25) is 0 Å². The molecule has 0 radical (unpaired) electrons. The Morgan fingerprint density at radius 1 is 0.774 bits per heavy atom. The van der Waals surface area contributed by atoms with Gasteiger partial charge in [-0.1, -0.05) is 0 Å². The van der Waals surface area contributed by atoms with Crippen molar-refractivity contribution in [2.45, 2.75) is 11.8 Å². The van der Waals surface area contributed by atoms with Gasteiger partial charge in [0.25, 0.3) is 10.0 Å². The number of rotatable bonds is 8. The zero-order chi connectivity index (χ0) is 22.4. The lowest BCUT2D eigenvalue weighted by atomic mass is 10.2. The molecule has 9 heteroatoms. The zero-order valence-electron chi connectivity index (χ0n) is 17.2. The second-order valence-corrected chi connectivity index (χ2v) is 8.14.